The maximum atomic E-state index is 13.4. The minimum Gasteiger partial charge on any atom is -0.353 e. The highest BCUT2D eigenvalue weighted by atomic mass is 19.1. The molecule has 1 atom stereocenters. The molecule has 2 amide bonds. The van der Waals surface area contributed by atoms with Gasteiger partial charge in [0.05, 0.1) is 12.5 Å². The van der Waals surface area contributed by atoms with Crippen LogP contribution in [0, 0.1) is 5.82 Å². The van der Waals surface area contributed by atoms with Gasteiger partial charge in [-0.3, -0.25) is 9.59 Å². The molecule has 4 nitrogen and oxygen atoms in total. The lowest BCUT2D eigenvalue weighted by molar-refractivity contribution is -0.123. The van der Waals surface area contributed by atoms with Crippen LogP contribution in [0.1, 0.15) is 66.1 Å². The SMILES string of the molecule is O=C(CC(c1ccc(F)cc1)N1Cc2ccccc2C1=O)NC1CCCCC1. The van der Waals surface area contributed by atoms with Crippen LogP contribution >= 0.6 is 0 Å². The Hall–Kier alpha value is -2.69. The summed E-state index contributed by atoms with van der Waals surface area (Å²) < 4.78 is 13.4. The quantitative estimate of drug-likeness (QED) is 0.838. The second-order valence-corrected chi connectivity index (χ2v) is 7.76. The van der Waals surface area contributed by atoms with Gasteiger partial charge in [0.25, 0.3) is 5.91 Å². The molecular formula is C23H25FN2O2. The van der Waals surface area contributed by atoms with Crippen LogP contribution in [0.5, 0.6) is 0 Å². The molecule has 1 N–H and O–H groups in total. The average Bonchev–Trinajstić information content (AvgIpc) is 3.04. The van der Waals surface area contributed by atoms with Gasteiger partial charge in [-0.25, -0.2) is 4.39 Å². The summed E-state index contributed by atoms with van der Waals surface area (Å²) in [5.41, 5.74) is 2.43. The smallest absolute Gasteiger partial charge is 0.255 e. The molecule has 0 radical (unpaired) electrons. The molecule has 1 aliphatic carbocycles. The molecule has 0 spiro atoms. The fourth-order valence-corrected chi connectivity index (χ4v) is 4.33. The minimum absolute atomic E-state index is 0.0509. The first-order valence-corrected chi connectivity index (χ1v) is 10.1. The molecule has 0 bridgehead atoms. The van der Waals surface area contributed by atoms with Crippen LogP contribution in [0.15, 0.2) is 48.5 Å². The third-order valence-corrected chi connectivity index (χ3v) is 5.83. The molecule has 2 aliphatic rings. The summed E-state index contributed by atoms with van der Waals surface area (Å²) in [5.74, 6) is -0.453. The average molecular weight is 380 g/mol. The Bertz CT molecular complexity index is 859. The fraction of sp³-hybridized carbons (Fsp3) is 0.391. The van der Waals surface area contributed by atoms with Gasteiger partial charge in [-0.15, -0.1) is 0 Å². The number of carbonyl (C=O) groups is 2. The molecule has 5 heteroatoms. The standard InChI is InChI=1S/C23H25FN2O2/c24-18-12-10-16(11-13-18)21(14-22(27)25-19-7-2-1-3-8-19)26-15-17-6-4-5-9-20(17)23(26)28/h4-6,9-13,19,21H,1-3,7-8,14-15H2,(H,25,27). The molecule has 1 unspecified atom stereocenters. The molecule has 1 aliphatic heterocycles. The van der Waals surface area contributed by atoms with Gasteiger partial charge in [0.1, 0.15) is 5.82 Å². The van der Waals surface area contributed by atoms with Gasteiger partial charge in [-0.2, -0.15) is 0 Å². The highest BCUT2D eigenvalue weighted by Crippen LogP contribution is 2.33. The van der Waals surface area contributed by atoms with E-state index in [-0.39, 0.29) is 30.1 Å². The number of benzene rings is 2. The minimum atomic E-state index is -0.413. The summed E-state index contributed by atoms with van der Waals surface area (Å²) in [6, 6.07) is 13.4. The van der Waals surface area contributed by atoms with Crippen LogP contribution in [-0.2, 0) is 11.3 Å². The summed E-state index contributed by atoms with van der Waals surface area (Å²) in [5, 5.41) is 3.14. The first kappa shape index (κ1) is 18.7. The third-order valence-electron chi connectivity index (χ3n) is 5.83. The van der Waals surface area contributed by atoms with Crippen molar-refractivity contribution in [2.24, 2.45) is 0 Å². The van der Waals surface area contributed by atoms with Gasteiger partial charge >= 0.3 is 0 Å². The molecule has 4 rings (SSSR count). The zero-order valence-corrected chi connectivity index (χ0v) is 15.9. The van der Waals surface area contributed by atoms with Crippen molar-refractivity contribution in [1.82, 2.24) is 10.2 Å². The van der Waals surface area contributed by atoms with E-state index in [4.69, 9.17) is 0 Å². The number of hydrogen-bond donors (Lipinski definition) is 1. The number of rotatable bonds is 5. The molecular weight excluding hydrogens is 355 g/mol. The first-order valence-electron chi connectivity index (χ1n) is 10.1. The van der Waals surface area contributed by atoms with Crippen molar-refractivity contribution in [2.45, 2.75) is 57.2 Å². The van der Waals surface area contributed by atoms with Crippen molar-refractivity contribution in [3.63, 3.8) is 0 Å². The van der Waals surface area contributed by atoms with Gasteiger partial charge in [-0.05, 0) is 42.2 Å². The van der Waals surface area contributed by atoms with E-state index in [1.807, 2.05) is 24.3 Å². The predicted molar refractivity (Wildman–Crippen MR) is 105 cm³/mol. The lowest BCUT2D eigenvalue weighted by atomic mass is 9.95. The summed E-state index contributed by atoms with van der Waals surface area (Å²) in [6.07, 6.45) is 5.73. The molecule has 0 saturated heterocycles. The van der Waals surface area contributed by atoms with Crippen molar-refractivity contribution >= 4 is 11.8 Å². The molecule has 2 aromatic carbocycles. The van der Waals surface area contributed by atoms with Crippen LogP contribution < -0.4 is 5.32 Å². The third kappa shape index (κ3) is 3.93. The first-order chi connectivity index (χ1) is 13.6. The second kappa shape index (κ2) is 8.13. The van der Waals surface area contributed by atoms with Gasteiger partial charge in [0.2, 0.25) is 5.91 Å². The highest BCUT2D eigenvalue weighted by Gasteiger charge is 2.34. The lowest BCUT2D eigenvalue weighted by Crippen LogP contribution is -2.39. The number of fused-ring (bicyclic) bond motifs is 1. The number of carbonyl (C=O) groups excluding carboxylic acids is 2. The van der Waals surface area contributed by atoms with Gasteiger partial charge in [0.15, 0.2) is 0 Å². The number of nitrogens with zero attached hydrogens (tertiary/aromatic N) is 1. The van der Waals surface area contributed by atoms with Crippen molar-refractivity contribution in [1.29, 1.82) is 0 Å². The highest BCUT2D eigenvalue weighted by molar-refractivity contribution is 5.98. The molecule has 0 aromatic heterocycles. The summed E-state index contributed by atoms with van der Waals surface area (Å²) in [7, 11) is 0. The zero-order chi connectivity index (χ0) is 19.5. The van der Waals surface area contributed by atoms with Gasteiger partial charge in [-0.1, -0.05) is 49.6 Å². The van der Waals surface area contributed by atoms with Crippen LogP contribution in [0.25, 0.3) is 0 Å². The largest absolute Gasteiger partial charge is 0.353 e. The number of hydrogen-bond acceptors (Lipinski definition) is 2. The van der Waals surface area contributed by atoms with Crippen LogP contribution in [-0.4, -0.2) is 22.8 Å². The Morgan fingerprint density at radius 3 is 2.50 bits per heavy atom. The van der Waals surface area contributed by atoms with Crippen molar-refractivity contribution in [3.8, 4) is 0 Å². The summed E-state index contributed by atoms with van der Waals surface area (Å²) >= 11 is 0. The maximum absolute atomic E-state index is 13.4. The Morgan fingerprint density at radius 1 is 1.07 bits per heavy atom. The van der Waals surface area contributed by atoms with E-state index in [0.717, 1.165) is 36.8 Å². The zero-order valence-electron chi connectivity index (χ0n) is 15.9. The van der Waals surface area contributed by atoms with Crippen LogP contribution in [0.2, 0.25) is 0 Å². The van der Waals surface area contributed by atoms with E-state index in [2.05, 4.69) is 5.32 Å². The molecule has 1 saturated carbocycles. The molecule has 2 aromatic rings. The molecule has 1 fully saturated rings. The molecule has 1 heterocycles. The van der Waals surface area contributed by atoms with Gasteiger partial charge in [0, 0.05) is 18.2 Å². The Labute approximate surface area is 164 Å². The Balaban J connectivity index is 1.55. The Kier molecular flexibility index (Phi) is 5.42. The second-order valence-electron chi connectivity index (χ2n) is 7.76. The van der Waals surface area contributed by atoms with Crippen molar-refractivity contribution < 1.29 is 14.0 Å². The maximum Gasteiger partial charge on any atom is 0.255 e. The number of halogens is 1. The van der Waals surface area contributed by atoms with E-state index in [1.165, 1.54) is 18.6 Å². The topological polar surface area (TPSA) is 49.4 Å². The Morgan fingerprint density at radius 2 is 1.79 bits per heavy atom. The van der Waals surface area contributed by atoms with Crippen LogP contribution in [0.4, 0.5) is 4.39 Å². The number of nitrogens with one attached hydrogen (secondary N) is 1. The van der Waals surface area contributed by atoms with Crippen molar-refractivity contribution in [2.75, 3.05) is 0 Å². The van der Waals surface area contributed by atoms with E-state index in [0.29, 0.717) is 12.1 Å². The monoisotopic (exact) mass is 380 g/mol. The van der Waals surface area contributed by atoms with E-state index in [1.54, 1.807) is 17.0 Å². The van der Waals surface area contributed by atoms with Gasteiger partial charge < -0.3 is 10.2 Å². The van der Waals surface area contributed by atoms with Crippen LogP contribution in [0.3, 0.4) is 0 Å². The summed E-state index contributed by atoms with van der Waals surface area (Å²) in [6.45, 7) is 0.466. The number of amides is 2. The lowest BCUT2D eigenvalue weighted by Gasteiger charge is -2.29. The summed E-state index contributed by atoms with van der Waals surface area (Å²) in [4.78, 5) is 27.5. The molecule has 28 heavy (non-hydrogen) atoms. The van der Waals surface area contributed by atoms with E-state index < -0.39 is 6.04 Å². The predicted octanol–water partition coefficient (Wildman–Crippen LogP) is 4.36. The molecule has 146 valence electrons. The van der Waals surface area contributed by atoms with Crippen molar-refractivity contribution in [3.05, 3.63) is 71.0 Å². The normalized spacial score (nSPS) is 18.0. The van der Waals surface area contributed by atoms with E-state index >= 15 is 0 Å². The van der Waals surface area contributed by atoms with E-state index in [9.17, 15) is 14.0 Å². The fourth-order valence-electron chi connectivity index (χ4n) is 4.33.